The highest BCUT2D eigenvalue weighted by molar-refractivity contribution is 9.10. The number of anilines is 2. The summed E-state index contributed by atoms with van der Waals surface area (Å²) in [5.74, 6) is -0.277. The van der Waals surface area contributed by atoms with E-state index >= 15 is 0 Å². The van der Waals surface area contributed by atoms with E-state index in [-0.39, 0.29) is 11.7 Å². The molecule has 0 saturated heterocycles. The quantitative estimate of drug-likeness (QED) is 0.669. The smallest absolute Gasteiger partial charge is 0.221 e. The fourth-order valence-electron chi connectivity index (χ4n) is 1.78. The largest absolute Gasteiger partial charge is 0.399 e. The van der Waals surface area contributed by atoms with Crippen LogP contribution in [0.1, 0.15) is 22.8 Å². The van der Waals surface area contributed by atoms with Crippen LogP contribution in [0, 0.1) is 0 Å². The van der Waals surface area contributed by atoms with Gasteiger partial charge in [0.1, 0.15) is 0 Å². The Morgan fingerprint density at radius 2 is 1.75 bits per heavy atom. The van der Waals surface area contributed by atoms with Gasteiger partial charge in [-0.1, -0.05) is 15.9 Å². The van der Waals surface area contributed by atoms with E-state index in [1.165, 1.54) is 6.92 Å². The molecule has 0 bridgehead atoms. The summed E-state index contributed by atoms with van der Waals surface area (Å²) < 4.78 is 0.697. The first-order valence-corrected chi connectivity index (χ1v) is 6.74. The lowest BCUT2D eigenvalue weighted by Crippen LogP contribution is -2.07. The van der Waals surface area contributed by atoms with Crippen LogP contribution < -0.4 is 11.1 Å². The molecule has 0 heterocycles. The SMILES string of the molecule is CC(=O)Nc1ccc(C(=O)c2cc(N)ccc2Br)cc1. The second kappa shape index (κ2) is 5.88. The molecule has 1 amide bonds. The summed E-state index contributed by atoms with van der Waals surface area (Å²) in [5.41, 5.74) is 7.93. The van der Waals surface area contributed by atoms with Crippen LogP contribution in [-0.4, -0.2) is 11.7 Å². The molecule has 0 spiro atoms. The summed E-state index contributed by atoms with van der Waals surface area (Å²) in [6.45, 7) is 1.43. The van der Waals surface area contributed by atoms with Gasteiger partial charge < -0.3 is 11.1 Å². The summed E-state index contributed by atoms with van der Waals surface area (Å²) in [5, 5.41) is 2.65. The van der Waals surface area contributed by atoms with Gasteiger partial charge in [-0.05, 0) is 42.5 Å². The van der Waals surface area contributed by atoms with Crippen LogP contribution in [0.15, 0.2) is 46.9 Å². The van der Waals surface area contributed by atoms with Gasteiger partial charge in [0.15, 0.2) is 5.78 Å². The molecule has 2 aromatic rings. The van der Waals surface area contributed by atoms with Crippen LogP contribution in [0.4, 0.5) is 11.4 Å². The first-order chi connectivity index (χ1) is 9.47. The molecule has 0 aromatic heterocycles. The average molecular weight is 333 g/mol. The third-order valence-corrected chi connectivity index (χ3v) is 3.39. The number of nitrogens with one attached hydrogen (secondary N) is 1. The van der Waals surface area contributed by atoms with Crippen molar-refractivity contribution >= 4 is 39.0 Å². The van der Waals surface area contributed by atoms with Gasteiger partial charge in [0, 0.05) is 33.9 Å². The lowest BCUT2D eigenvalue weighted by Gasteiger charge is -2.06. The number of amides is 1. The Morgan fingerprint density at radius 3 is 2.35 bits per heavy atom. The highest BCUT2D eigenvalue weighted by Gasteiger charge is 2.13. The van der Waals surface area contributed by atoms with Gasteiger partial charge in [0.25, 0.3) is 0 Å². The molecule has 0 radical (unpaired) electrons. The molecule has 0 atom stereocenters. The topological polar surface area (TPSA) is 72.2 Å². The number of hydrogen-bond acceptors (Lipinski definition) is 3. The zero-order chi connectivity index (χ0) is 14.7. The van der Waals surface area contributed by atoms with Crippen LogP contribution in [0.3, 0.4) is 0 Å². The van der Waals surface area contributed by atoms with E-state index in [1.54, 1.807) is 42.5 Å². The number of nitrogen functional groups attached to an aromatic ring is 1. The molecule has 0 saturated carbocycles. The molecule has 0 unspecified atom stereocenters. The standard InChI is InChI=1S/C15H13BrN2O2/c1-9(19)18-12-5-2-10(3-6-12)15(20)13-8-11(17)4-7-14(13)16/h2-8H,17H2,1H3,(H,18,19). The van der Waals surface area contributed by atoms with E-state index in [1.807, 2.05) is 0 Å². The monoisotopic (exact) mass is 332 g/mol. The van der Waals surface area contributed by atoms with Crippen LogP contribution >= 0.6 is 15.9 Å². The Kier molecular flexibility index (Phi) is 4.20. The van der Waals surface area contributed by atoms with E-state index in [0.717, 1.165) is 0 Å². The van der Waals surface area contributed by atoms with Gasteiger partial charge in [0.05, 0.1) is 0 Å². The predicted molar refractivity (Wildman–Crippen MR) is 82.7 cm³/mol. The first-order valence-electron chi connectivity index (χ1n) is 5.95. The summed E-state index contributed by atoms with van der Waals surface area (Å²) in [6.07, 6.45) is 0. The number of rotatable bonds is 3. The summed E-state index contributed by atoms with van der Waals surface area (Å²) in [4.78, 5) is 23.3. The number of carbonyl (C=O) groups is 2. The van der Waals surface area contributed by atoms with Crippen molar-refractivity contribution < 1.29 is 9.59 Å². The number of benzene rings is 2. The average Bonchev–Trinajstić information content (AvgIpc) is 2.41. The minimum atomic E-state index is -0.150. The molecular weight excluding hydrogens is 320 g/mol. The number of halogens is 1. The highest BCUT2D eigenvalue weighted by atomic mass is 79.9. The summed E-state index contributed by atoms with van der Waals surface area (Å²) in [6, 6.07) is 11.8. The molecule has 20 heavy (non-hydrogen) atoms. The minimum Gasteiger partial charge on any atom is -0.399 e. The minimum absolute atomic E-state index is 0.126. The van der Waals surface area contributed by atoms with Crippen molar-refractivity contribution in [2.45, 2.75) is 6.92 Å². The number of hydrogen-bond donors (Lipinski definition) is 2. The Balaban J connectivity index is 2.29. The molecule has 0 aliphatic rings. The van der Waals surface area contributed by atoms with Gasteiger partial charge in [-0.3, -0.25) is 9.59 Å². The van der Waals surface area contributed by atoms with E-state index in [0.29, 0.717) is 27.0 Å². The Labute approximate surface area is 125 Å². The van der Waals surface area contributed by atoms with Crippen molar-refractivity contribution in [1.82, 2.24) is 0 Å². The lowest BCUT2D eigenvalue weighted by atomic mass is 10.0. The zero-order valence-corrected chi connectivity index (χ0v) is 12.4. The number of nitrogens with two attached hydrogens (primary N) is 1. The van der Waals surface area contributed by atoms with Crippen molar-refractivity contribution in [1.29, 1.82) is 0 Å². The summed E-state index contributed by atoms with van der Waals surface area (Å²) >= 11 is 3.34. The van der Waals surface area contributed by atoms with Crippen molar-refractivity contribution in [3.63, 3.8) is 0 Å². The van der Waals surface area contributed by atoms with Crippen LogP contribution in [-0.2, 0) is 4.79 Å². The van der Waals surface area contributed by atoms with Crippen molar-refractivity contribution in [3.8, 4) is 0 Å². The van der Waals surface area contributed by atoms with Gasteiger partial charge >= 0.3 is 0 Å². The molecule has 3 N–H and O–H groups in total. The van der Waals surface area contributed by atoms with Gasteiger partial charge in [-0.25, -0.2) is 0 Å². The Hall–Kier alpha value is -2.14. The molecule has 2 rings (SSSR count). The van der Waals surface area contributed by atoms with E-state index < -0.39 is 0 Å². The Morgan fingerprint density at radius 1 is 1.10 bits per heavy atom. The molecular formula is C15H13BrN2O2. The molecule has 0 aliphatic carbocycles. The third-order valence-electron chi connectivity index (χ3n) is 2.70. The second-order valence-electron chi connectivity index (χ2n) is 4.33. The predicted octanol–water partition coefficient (Wildman–Crippen LogP) is 3.22. The zero-order valence-electron chi connectivity index (χ0n) is 10.8. The fraction of sp³-hybridized carbons (Fsp3) is 0.0667. The van der Waals surface area contributed by atoms with Gasteiger partial charge in [-0.15, -0.1) is 0 Å². The molecule has 2 aromatic carbocycles. The second-order valence-corrected chi connectivity index (χ2v) is 5.18. The maximum absolute atomic E-state index is 12.4. The number of carbonyl (C=O) groups excluding carboxylic acids is 2. The normalized spacial score (nSPS) is 10.1. The molecule has 0 fully saturated rings. The maximum atomic E-state index is 12.4. The van der Waals surface area contributed by atoms with Crippen LogP contribution in [0.5, 0.6) is 0 Å². The van der Waals surface area contributed by atoms with E-state index in [2.05, 4.69) is 21.2 Å². The molecule has 102 valence electrons. The highest BCUT2D eigenvalue weighted by Crippen LogP contribution is 2.23. The van der Waals surface area contributed by atoms with Crippen molar-refractivity contribution in [2.75, 3.05) is 11.1 Å². The Bertz CT molecular complexity index is 666. The number of ketones is 1. The van der Waals surface area contributed by atoms with E-state index in [9.17, 15) is 9.59 Å². The molecule has 5 heteroatoms. The third kappa shape index (κ3) is 3.24. The lowest BCUT2D eigenvalue weighted by molar-refractivity contribution is -0.114. The van der Waals surface area contributed by atoms with Crippen molar-refractivity contribution in [3.05, 3.63) is 58.1 Å². The molecule has 0 aliphatic heterocycles. The van der Waals surface area contributed by atoms with Gasteiger partial charge in [-0.2, -0.15) is 0 Å². The van der Waals surface area contributed by atoms with E-state index in [4.69, 9.17) is 5.73 Å². The van der Waals surface area contributed by atoms with Crippen LogP contribution in [0.25, 0.3) is 0 Å². The molecule has 4 nitrogen and oxygen atoms in total. The van der Waals surface area contributed by atoms with Crippen LogP contribution in [0.2, 0.25) is 0 Å². The summed E-state index contributed by atoms with van der Waals surface area (Å²) in [7, 11) is 0. The maximum Gasteiger partial charge on any atom is 0.221 e. The first kappa shape index (κ1) is 14.3. The van der Waals surface area contributed by atoms with Crippen molar-refractivity contribution in [2.24, 2.45) is 0 Å². The van der Waals surface area contributed by atoms with Gasteiger partial charge in [0.2, 0.25) is 5.91 Å². The fourth-order valence-corrected chi connectivity index (χ4v) is 2.21.